The Morgan fingerprint density at radius 1 is 0.923 bits per heavy atom. The van der Waals surface area contributed by atoms with Crippen LogP contribution in [-0.2, 0) is 4.79 Å². The third kappa shape index (κ3) is 4.51. The van der Waals surface area contributed by atoms with Gasteiger partial charge in [0.2, 0.25) is 0 Å². The molecule has 0 aliphatic heterocycles. The number of carbonyl (C=O) groups excluding carboxylic acids is 2. The van der Waals surface area contributed by atoms with Gasteiger partial charge in [0.1, 0.15) is 5.75 Å². The molecule has 2 N–H and O–H groups in total. The van der Waals surface area contributed by atoms with Crippen LogP contribution in [0.5, 0.6) is 5.75 Å². The van der Waals surface area contributed by atoms with Gasteiger partial charge in [0, 0.05) is 9.13 Å². The molecule has 0 saturated carbocycles. The highest BCUT2D eigenvalue weighted by Gasteiger charge is 2.16. The molecule has 0 fully saturated rings. The predicted octanol–water partition coefficient (Wildman–Crippen LogP) is 3.67. The van der Waals surface area contributed by atoms with Crippen molar-refractivity contribution in [1.82, 2.24) is 10.9 Å². The first kappa shape index (κ1) is 18.2. The minimum Gasteiger partial charge on any atom is -0.481 e. The van der Waals surface area contributed by atoms with Crippen LogP contribution < -0.4 is 15.6 Å². The Hall–Kier alpha value is -2.61. The van der Waals surface area contributed by atoms with Gasteiger partial charge < -0.3 is 4.74 Å². The first-order chi connectivity index (χ1) is 12.5. The quantitative estimate of drug-likeness (QED) is 0.461. The first-order valence-electron chi connectivity index (χ1n) is 8.04. The van der Waals surface area contributed by atoms with E-state index in [0.717, 1.165) is 14.3 Å². The third-order valence-electron chi connectivity index (χ3n) is 3.81. The fourth-order valence-electron chi connectivity index (χ4n) is 2.39. The van der Waals surface area contributed by atoms with Gasteiger partial charge in [-0.1, -0.05) is 30.3 Å². The van der Waals surface area contributed by atoms with Crippen molar-refractivity contribution in [3.05, 3.63) is 75.9 Å². The Balaban J connectivity index is 1.56. The van der Waals surface area contributed by atoms with Gasteiger partial charge in [-0.2, -0.15) is 0 Å². The fourth-order valence-corrected chi connectivity index (χ4v) is 2.75. The van der Waals surface area contributed by atoms with Crippen LogP contribution in [0.1, 0.15) is 17.3 Å². The van der Waals surface area contributed by atoms with E-state index < -0.39 is 12.0 Å². The van der Waals surface area contributed by atoms with E-state index in [-0.39, 0.29) is 5.91 Å². The second-order valence-electron chi connectivity index (χ2n) is 5.72. The van der Waals surface area contributed by atoms with Gasteiger partial charge in [0.25, 0.3) is 11.8 Å². The molecule has 132 valence electrons. The average molecular weight is 460 g/mol. The summed E-state index contributed by atoms with van der Waals surface area (Å²) in [6.07, 6.45) is -0.756. The fraction of sp³-hybridized carbons (Fsp3) is 0.100. The molecule has 3 aromatic rings. The van der Waals surface area contributed by atoms with Crippen molar-refractivity contribution in [3.8, 4) is 5.75 Å². The Bertz CT molecular complexity index is 941. The first-order valence-corrected chi connectivity index (χ1v) is 9.12. The van der Waals surface area contributed by atoms with Crippen LogP contribution in [0.4, 0.5) is 0 Å². The maximum atomic E-state index is 12.1. The highest BCUT2D eigenvalue weighted by Crippen LogP contribution is 2.21. The Morgan fingerprint density at radius 3 is 2.35 bits per heavy atom. The summed E-state index contributed by atoms with van der Waals surface area (Å²) in [5, 5.41) is 2.13. The molecule has 3 aromatic carbocycles. The van der Waals surface area contributed by atoms with Crippen LogP contribution >= 0.6 is 22.6 Å². The molecule has 5 nitrogen and oxygen atoms in total. The van der Waals surface area contributed by atoms with Crippen LogP contribution in [0.15, 0.2) is 66.7 Å². The number of benzene rings is 3. The monoisotopic (exact) mass is 460 g/mol. The standard InChI is InChI=1S/C20H17IN2O3/c1-13(26-18-11-8-14-4-2-3-5-16(14)12-18)19(24)22-23-20(25)15-6-9-17(21)10-7-15/h2-13H,1H3,(H,22,24)(H,23,25). The number of hydrogen-bond donors (Lipinski definition) is 2. The summed E-state index contributed by atoms with van der Waals surface area (Å²) in [6, 6.07) is 20.6. The molecule has 0 aliphatic rings. The number of carbonyl (C=O) groups is 2. The highest BCUT2D eigenvalue weighted by atomic mass is 127. The molecule has 3 rings (SSSR count). The van der Waals surface area contributed by atoms with Crippen molar-refractivity contribution in [3.63, 3.8) is 0 Å². The van der Waals surface area contributed by atoms with Crippen LogP contribution in [0, 0.1) is 3.57 Å². The highest BCUT2D eigenvalue weighted by molar-refractivity contribution is 14.1. The smallest absolute Gasteiger partial charge is 0.279 e. The van der Waals surface area contributed by atoms with E-state index in [1.54, 1.807) is 19.1 Å². The molecule has 0 spiro atoms. The Morgan fingerprint density at radius 2 is 1.62 bits per heavy atom. The average Bonchev–Trinajstić information content (AvgIpc) is 2.66. The van der Waals surface area contributed by atoms with E-state index in [1.165, 1.54) is 0 Å². The zero-order valence-electron chi connectivity index (χ0n) is 14.0. The molecule has 0 bridgehead atoms. The largest absolute Gasteiger partial charge is 0.481 e. The Labute approximate surface area is 164 Å². The van der Waals surface area contributed by atoms with E-state index in [4.69, 9.17) is 4.74 Å². The van der Waals surface area contributed by atoms with Gasteiger partial charge >= 0.3 is 0 Å². The summed E-state index contributed by atoms with van der Waals surface area (Å²) in [6.45, 7) is 1.63. The molecule has 0 aromatic heterocycles. The lowest BCUT2D eigenvalue weighted by atomic mass is 10.1. The molecule has 1 atom stereocenters. The van der Waals surface area contributed by atoms with E-state index in [2.05, 4.69) is 33.4 Å². The van der Waals surface area contributed by atoms with Crippen molar-refractivity contribution in [2.45, 2.75) is 13.0 Å². The van der Waals surface area contributed by atoms with Crippen LogP contribution in [0.2, 0.25) is 0 Å². The van der Waals surface area contributed by atoms with Crippen molar-refractivity contribution < 1.29 is 14.3 Å². The van der Waals surface area contributed by atoms with Crippen molar-refractivity contribution in [2.75, 3.05) is 0 Å². The topological polar surface area (TPSA) is 67.4 Å². The molecule has 0 saturated heterocycles. The van der Waals surface area contributed by atoms with Gasteiger partial charge in [0.05, 0.1) is 0 Å². The summed E-state index contributed by atoms with van der Waals surface area (Å²) in [5.41, 5.74) is 5.25. The lowest BCUT2D eigenvalue weighted by Crippen LogP contribution is -2.47. The van der Waals surface area contributed by atoms with Crippen LogP contribution in [0.25, 0.3) is 10.8 Å². The van der Waals surface area contributed by atoms with E-state index in [1.807, 2.05) is 54.6 Å². The number of hydrogen-bond acceptors (Lipinski definition) is 3. The summed E-state index contributed by atoms with van der Waals surface area (Å²) in [5.74, 6) is -0.222. The van der Waals surface area contributed by atoms with Crippen molar-refractivity contribution in [2.24, 2.45) is 0 Å². The maximum absolute atomic E-state index is 12.1. The zero-order chi connectivity index (χ0) is 18.5. The van der Waals surface area contributed by atoms with Crippen LogP contribution in [0.3, 0.4) is 0 Å². The number of ether oxygens (including phenoxy) is 1. The second kappa shape index (κ2) is 8.18. The number of halogens is 1. The SMILES string of the molecule is CC(Oc1ccc2ccccc2c1)C(=O)NNC(=O)c1ccc(I)cc1. The minimum atomic E-state index is -0.756. The predicted molar refractivity (Wildman–Crippen MR) is 109 cm³/mol. The number of hydrazine groups is 1. The van der Waals surface area contributed by atoms with Gasteiger partial charge in [0.15, 0.2) is 6.10 Å². The molecule has 26 heavy (non-hydrogen) atoms. The summed E-state index contributed by atoms with van der Waals surface area (Å²) in [4.78, 5) is 24.2. The molecule has 0 heterocycles. The second-order valence-corrected chi connectivity index (χ2v) is 6.96. The molecule has 6 heteroatoms. The van der Waals surface area contributed by atoms with Gasteiger partial charge in [-0.05, 0) is 76.7 Å². The maximum Gasteiger partial charge on any atom is 0.279 e. The van der Waals surface area contributed by atoms with Gasteiger partial charge in [-0.3, -0.25) is 20.4 Å². The molecular formula is C20H17IN2O3. The summed E-state index contributed by atoms with van der Waals surface area (Å²) < 4.78 is 6.70. The van der Waals surface area contributed by atoms with E-state index >= 15 is 0 Å². The number of nitrogens with one attached hydrogen (secondary N) is 2. The number of amides is 2. The number of fused-ring (bicyclic) bond motifs is 1. The van der Waals surface area contributed by atoms with Crippen molar-refractivity contribution in [1.29, 1.82) is 0 Å². The van der Waals surface area contributed by atoms with Gasteiger partial charge in [-0.25, -0.2) is 0 Å². The number of rotatable bonds is 4. The lowest BCUT2D eigenvalue weighted by Gasteiger charge is -2.15. The van der Waals surface area contributed by atoms with Crippen molar-refractivity contribution >= 4 is 45.2 Å². The molecular weight excluding hydrogens is 443 g/mol. The summed E-state index contributed by atoms with van der Waals surface area (Å²) in [7, 11) is 0. The molecule has 1 unspecified atom stereocenters. The molecule has 0 radical (unpaired) electrons. The van der Waals surface area contributed by atoms with E-state index in [0.29, 0.717) is 11.3 Å². The lowest BCUT2D eigenvalue weighted by molar-refractivity contribution is -0.128. The molecule has 2 amide bonds. The Kier molecular flexibility index (Phi) is 5.72. The van der Waals surface area contributed by atoms with E-state index in [9.17, 15) is 9.59 Å². The third-order valence-corrected chi connectivity index (χ3v) is 4.53. The normalized spacial score (nSPS) is 11.6. The molecule has 0 aliphatic carbocycles. The van der Waals surface area contributed by atoms with Crippen LogP contribution in [-0.4, -0.2) is 17.9 Å². The summed E-state index contributed by atoms with van der Waals surface area (Å²) >= 11 is 2.16. The van der Waals surface area contributed by atoms with Gasteiger partial charge in [-0.15, -0.1) is 0 Å². The zero-order valence-corrected chi connectivity index (χ0v) is 16.2. The minimum absolute atomic E-state index is 0.382.